The van der Waals surface area contributed by atoms with Gasteiger partial charge >= 0.3 is 5.97 Å². The van der Waals surface area contributed by atoms with Gasteiger partial charge in [0.1, 0.15) is 11.7 Å². The average molecular weight is 310 g/mol. The fourth-order valence-electron chi connectivity index (χ4n) is 1.83. The average Bonchev–Trinajstić information content (AvgIpc) is 2.38. The number of hydrogen-bond donors (Lipinski definition) is 1. The predicted molar refractivity (Wildman–Crippen MR) is 78.7 cm³/mol. The van der Waals surface area contributed by atoms with Gasteiger partial charge in [0.2, 0.25) is 0 Å². The van der Waals surface area contributed by atoms with Crippen molar-refractivity contribution in [1.82, 2.24) is 0 Å². The smallest absolute Gasteiger partial charge is 0.314 e. The van der Waals surface area contributed by atoms with Gasteiger partial charge in [-0.25, -0.2) is 8.42 Å². The van der Waals surface area contributed by atoms with Crippen LogP contribution in [0.15, 0.2) is 46.9 Å². The fraction of sp³-hybridized carbons (Fsp3) is 0.333. The number of allylic oxidation sites excluding steroid dienone is 1. The molecule has 0 aliphatic rings. The van der Waals surface area contributed by atoms with Crippen LogP contribution in [0.2, 0.25) is 0 Å². The summed E-state index contributed by atoms with van der Waals surface area (Å²) in [4.78, 5) is 22.3. The quantitative estimate of drug-likeness (QED) is 0.615. The summed E-state index contributed by atoms with van der Waals surface area (Å²) < 4.78 is 24.3. The molecule has 0 spiro atoms. The van der Waals surface area contributed by atoms with Crippen LogP contribution in [0.25, 0.3) is 0 Å². The van der Waals surface area contributed by atoms with Gasteiger partial charge in [0.25, 0.3) is 0 Å². The molecule has 1 unspecified atom stereocenters. The first-order chi connectivity index (χ1) is 9.74. The van der Waals surface area contributed by atoms with Gasteiger partial charge in [-0.2, -0.15) is 0 Å². The van der Waals surface area contributed by atoms with Gasteiger partial charge in [-0.15, -0.1) is 0 Å². The summed E-state index contributed by atoms with van der Waals surface area (Å²) in [6.07, 6.45) is 1.50. The van der Waals surface area contributed by atoms with Crippen LogP contribution in [0.4, 0.5) is 0 Å². The third-order valence-corrected chi connectivity index (χ3v) is 4.84. The van der Waals surface area contributed by atoms with Gasteiger partial charge in [0, 0.05) is 0 Å². The van der Waals surface area contributed by atoms with Gasteiger partial charge < -0.3 is 5.11 Å². The van der Waals surface area contributed by atoms with E-state index in [-0.39, 0.29) is 17.1 Å². The van der Waals surface area contributed by atoms with E-state index in [9.17, 15) is 18.0 Å². The molecule has 1 aromatic rings. The van der Waals surface area contributed by atoms with Gasteiger partial charge in [0.05, 0.1) is 10.6 Å². The lowest BCUT2D eigenvalue weighted by molar-refractivity contribution is -0.145. The van der Waals surface area contributed by atoms with E-state index >= 15 is 0 Å². The van der Waals surface area contributed by atoms with Crippen LogP contribution in [0, 0.1) is 5.92 Å². The van der Waals surface area contributed by atoms with Crippen LogP contribution in [0.5, 0.6) is 0 Å². The maximum Gasteiger partial charge on any atom is 0.314 e. The molecule has 0 radical (unpaired) electrons. The monoisotopic (exact) mass is 310 g/mol. The molecule has 5 nitrogen and oxygen atoms in total. The molecular formula is C15H18O5S. The third-order valence-electron chi connectivity index (χ3n) is 3.01. The molecule has 0 saturated heterocycles. The predicted octanol–water partition coefficient (Wildman–Crippen LogP) is 2.09. The summed E-state index contributed by atoms with van der Waals surface area (Å²) in [5.41, 5.74) is 0.520. The first kappa shape index (κ1) is 17.1. The molecule has 1 N–H and O–H groups in total. The van der Waals surface area contributed by atoms with Gasteiger partial charge in [0.15, 0.2) is 9.84 Å². The Morgan fingerprint density at radius 1 is 1.19 bits per heavy atom. The molecule has 1 rings (SSSR count). The number of carboxylic acid groups (broad SMARTS) is 1. The molecule has 1 atom stereocenters. The molecule has 114 valence electrons. The van der Waals surface area contributed by atoms with Crippen molar-refractivity contribution < 1.29 is 23.1 Å². The highest BCUT2D eigenvalue weighted by atomic mass is 32.2. The topological polar surface area (TPSA) is 88.5 Å². The number of benzene rings is 1. The van der Waals surface area contributed by atoms with Crippen molar-refractivity contribution in [3.05, 3.63) is 42.0 Å². The van der Waals surface area contributed by atoms with Crippen LogP contribution in [0.3, 0.4) is 0 Å². The first-order valence-electron chi connectivity index (χ1n) is 6.40. The maximum atomic E-state index is 12.1. The number of ketones is 1. The largest absolute Gasteiger partial charge is 0.481 e. The molecule has 0 aromatic heterocycles. The number of carbonyl (C=O) groups excluding carboxylic acids is 1. The van der Waals surface area contributed by atoms with Crippen molar-refractivity contribution in [1.29, 1.82) is 0 Å². The zero-order chi connectivity index (χ0) is 16.0. The van der Waals surface area contributed by atoms with E-state index < -0.39 is 27.5 Å². The molecule has 0 aliphatic heterocycles. The van der Waals surface area contributed by atoms with Gasteiger partial charge in [-0.1, -0.05) is 29.8 Å². The first-order valence-corrected chi connectivity index (χ1v) is 8.06. The molecule has 0 amide bonds. The van der Waals surface area contributed by atoms with E-state index in [4.69, 9.17) is 5.11 Å². The molecule has 1 aromatic carbocycles. The van der Waals surface area contributed by atoms with Crippen LogP contribution < -0.4 is 0 Å². The van der Waals surface area contributed by atoms with Crippen molar-refractivity contribution in [3.63, 3.8) is 0 Å². The molecule has 0 bridgehead atoms. The summed E-state index contributed by atoms with van der Waals surface area (Å²) in [6.45, 7) is 2.82. The van der Waals surface area contributed by atoms with E-state index in [0.717, 1.165) is 0 Å². The zero-order valence-electron chi connectivity index (χ0n) is 11.9. The Kier molecular flexibility index (Phi) is 5.84. The summed E-state index contributed by atoms with van der Waals surface area (Å²) in [5, 5.41) is 8.90. The lowest BCUT2D eigenvalue weighted by Gasteiger charge is -2.07. The van der Waals surface area contributed by atoms with Gasteiger partial charge in [-0.3, -0.25) is 9.59 Å². The summed E-state index contributed by atoms with van der Waals surface area (Å²) in [5.74, 6) is -2.96. The number of rotatable bonds is 7. The number of carbonyl (C=O) groups is 2. The highest BCUT2D eigenvalue weighted by Crippen LogP contribution is 2.15. The van der Waals surface area contributed by atoms with Crippen LogP contribution in [-0.2, 0) is 19.4 Å². The Bertz CT molecular complexity index is 630. The Hall–Kier alpha value is -1.95. The minimum Gasteiger partial charge on any atom is -0.481 e. The van der Waals surface area contributed by atoms with Crippen LogP contribution >= 0.6 is 0 Å². The number of carboxylic acids is 1. The molecule has 21 heavy (non-hydrogen) atoms. The fourth-order valence-corrected chi connectivity index (χ4v) is 3.29. The number of hydrogen-bond acceptors (Lipinski definition) is 4. The number of aliphatic carboxylic acids is 1. The number of Topliss-reactive ketones (excluding diaryl/α,β-unsaturated/α-hetero) is 1. The van der Waals surface area contributed by atoms with E-state index in [1.54, 1.807) is 25.1 Å². The zero-order valence-corrected chi connectivity index (χ0v) is 12.8. The number of sulfone groups is 1. The molecule has 0 heterocycles. The Morgan fingerprint density at radius 3 is 2.24 bits per heavy atom. The standard InChI is InChI=1S/C15H18O5S/c1-11(8-9-14(12(2)16)15(17)18)10-21(19,20)13-6-4-3-5-7-13/h3-8,14H,9-10H2,1-2H3,(H,17,18). The summed E-state index contributed by atoms with van der Waals surface area (Å²) in [6, 6.07) is 8.03. The van der Waals surface area contributed by atoms with Crippen molar-refractivity contribution in [2.24, 2.45) is 5.92 Å². The van der Waals surface area contributed by atoms with Crippen molar-refractivity contribution in [2.75, 3.05) is 5.75 Å². The van der Waals surface area contributed by atoms with Crippen molar-refractivity contribution in [3.8, 4) is 0 Å². The summed E-state index contributed by atoms with van der Waals surface area (Å²) in [7, 11) is -3.45. The molecule has 6 heteroatoms. The molecule has 0 aliphatic carbocycles. The Morgan fingerprint density at radius 2 is 1.76 bits per heavy atom. The van der Waals surface area contributed by atoms with E-state index in [2.05, 4.69) is 0 Å². The normalized spacial score (nSPS) is 13.7. The second kappa shape index (κ2) is 7.17. The Labute approximate surface area is 124 Å². The Balaban J connectivity index is 2.81. The second-order valence-electron chi connectivity index (χ2n) is 4.86. The third kappa shape index (κ3) is 5.15. The second-order valence-corrected chi connectivity index (χ2v) is 6.85. The highest BCUT2D eigenvalue weighted by Gasteiger charge is 2.21. The summed E-state index contributed by atoms with van der Waals surface area (Å²) >= 11 is 0. The molecule has 0 saturated carbocycles. The minimum absolute atomic E-state index is 0.000803. The molecule has 0 fully saturated rings. The SMILES string of the molecule is CC(=O)C(CC=C(C)CS(=O)(=O)c1ccccc1)C(=O)O. The van der Waals surface area contributed by atoms with Crippen LogP contribution in [-0.4, -0.2) is 31.0 Å². The van der Waals surface area contributed by atoms with Crippen LogP contribution in [0.1, 0.15) is 20.3 Å². The highest BCUT2D eigenvalue weighted by molar-refractivity contribution is 7.91. The lowest BCUT2D eigenvalue weighted by Crippen LogP contribution is -2.20. The van der Waals surface area contributed by atoms with E-state index in [1.165, 1.54) is 25.1 Å². The van der Waals surface area contributed by atoms with Gasteiger partial charge in [-0.05, 0) is 32.4 Å². The maximum absolute atomic E-state index is 12.1. The van der Waals surface area contributed by atoms with E-state index in [0.29, 0.717) is 5.57 Å². The van der Waals surface area contributed by atoms with Crippen molar-refractivity contribution >= 4 is 21.6 Å². The van der Waals surface area contributed by atoms with E-state index in [1.807, 2.05) is 0 Å². The lowest BCUT2D eigenvalue weighted by atomic mass is 10.0. The minimum atomic E-state index is -3.45. The van der Waals surface area contributed by atoms with Crippen molar-refractivity contribution in [2.45, 2.75) is 25.2 Å². The molecular weight excluding hydrogens is 292 g/mol.